The molecule has 1 nitrogen and oxygen atoms in total. The van der Waals surface area contributed by atoms with Crippen molar-refractivity contribution in [2.75, 3.05) is 0 Å². The maximum absolute atomic E-state index is 8.63. The normalized spacial score (nSPS) is 8.28. The number of rotatable bonds is 2. The molecule has 0 bridgehead atoms. The van der Waals surface area contributed by atoms with Gasteiger partial charge in [0.2, 0.25) is 0 Å². The molecule has 18 heavy (non-hydrogen) atoms. The third kappa shape index (κ3) is 9.32. The van der Waals surface area contributed by atoms with Crippen LogP contribution in [0.1, 0.15) is 5.56 Å². The number of hydrogen-bond acceptors (Lipinski definition) is 1. The third-order valence-electron chi connectivity index (χ3n) is 1.84. The van der Waals surface area contributed by atoms with Crippen LogP contribution in [-0.2, 0) is 4.37 Å². The number of hydrogen-bond donors (Lipinski definition) is 1. The number of phenolic OH excluding ortho intramolecular Hbond substituents is 1. The Kier molecular flexibility index (Phi) is 12.2. The monoisotopic (exact) mass is 413 g/mol. The van der Waals surface area contributed by atoms with Crippen LogP contribution in [-0.4, -0.2) is 24.5 Å². The van der Waals surface area contributed by atoms with Gasteiger partial charge in [0.1, 0.15) is 5.75 Å². The van der Waals surface area contributed by atoms with Gasteiger partial charge in [-0.1, -0.05) is 18.2 Å². The van der Waals surface area contributed by atoms with Crippen molar-refractivity contribution < 1.29 is 5.11 Å². The molecule has 3 heteroatoms. The summed E-state index contributed by atoms with van der Waals surface area (Å²) in [6.07, 6.45) is 0. The van der Waals surface area contributed by atoms with Crippen molar-refractivity contribution >= 4 is 32.0 Å². The van der Waals surface area contributed by atoms with E-state index in [0.29, 0.717) is 5.75 Å². The molecule has 0 fully saturated rings. The van der Waals surface area contributed by atoms with E-state index in [-0.39, 0.29) is 19.4 Å². The second-order valence-corrected chi connectivity index (χ2v) is 8.05. The summed E-state index contributed by atoms with van der Waals surface area (Å²) in [6.45, 7) is 6.00. The van der Waals surface area contributed by atoms with E-state index in [1.807, 2.05) is 6.07 Å². The first-order valence-corrected chi connectivity index (χ1v) is 12.9. The molecular weight excluding hydrogens is 398 g/mol. The fourth-order valence-electron chi connectivity index (χ4n) is 1.08. The Morgan fingerprint density at radius 1 is 0.889 bits per heavy atom. The van der Waals surface area contributed by atoms with E-state index in [1.165, 1.54) is 9.93 Å². The predicted molar refractivity (Wildman–Crippen MR) is 84.2 cm³/mol. The van der Waals surface area contributed by atoms with Crippen LogP contribution in [0, 0.1) is 0 Å². The van der Waals surface area contributed by atoms with E-state index in [9.17, 15) is 0 Å². The second kappa shape index (κ2) is 12.7. The molecule has 2 aromatic rings. The van der Waals surface area contributed by atoms with Crippen molar-refractivity contribution in [2.45, 2.75) is 4.37 Å². The second-order valence-electron chi connectivity index (χ2n) is 3.10. The number of para-hydroxylation sites is 1. The van der Waals surface area contributed by atoms with E-state index in [2.05, 4.69) is 56.1 Å². The van der Waals surface area contributed by atoms with E-state index in [4.69, 9.17) is 5.11 Å². The molecule has 1 radical (unpaired) electrons. The van der Waals surface area contributed by atoms with Gasteiger partial charge < -0.3 is 5.11 Å². The Balaban J connectivity index is 0.000000289. The fraction of sp³-hybridized carbons (Fsp3) is 0.0667. The van der Waals surface area contributed by atoms with Gasteiger partial charge in [0.25, 0.3) is 0 Å². The van der Waals surface area contributed by atoms with Gasteiger partial charge in [0, 0.05) is 0 Å². The summed E-state index contributed by atoms with van der Waals surface area (Å²) < 4.78 is 1.28. The standard InChI is InChI=1S/C7H7.C6H6O.C2H4.BrH.Sb/c1-7-5-3-2-4-6-7;7-6-4-2-1-3-5-6;1-2;;/h2-6H,1H2;1-5,7H;1-2H2;1H;/q;;;;+1/p-1. The SMILES string of the molecule is C=C.Oc1ccccc1.[Br][Sb][CH2]c1ccccc1. The number of aromatic hydroxyl groups is 1. The van der Waals surface area contributed by atoms with Crippen LogP contribution in [0.15, 0.2) is 73.8 Å². The molecule has 1 N–H and O–H groups in total. The summed E-state index contributed by atoms with van der Waals surface area (Å²) >= 11 is 3.48. The zero-order valence-electron chi connectivity index (χ0n) is 10.2. The minimum absolute atomic E-state index is 0.0537. The van der Waals surface area contributed by atoms with Gasteiger partial charge in [0.15, 0.2) is 0 Å². The first-order chi connectivity index (χ1) is 8.83. The molecule has 2 rings (SSSR count). The van der Waals surface area contributed by atoms with Gasteiger partial charge >= 0.3 is 72.2 Å². The molecule has 95 valence electrons. The van der Waals surface area contributed by atoms with Crippen molar-refractivity contribution in [3.05, 3.63) is 79.4 Å². The van der Waals surface area contributed by atoms with Crippen LogP contribution >= 0.6 is 12.6 Å². The Morgan fingerprint density at radius 2 is 1.33 bits per heavy atom. The van der Waals surface area contributed by atoms with Crippen LogP contribution in [0.2, 0.25) is 0 Å². The average molecular weight is 415 g/mol. The molecule has 2 aromatic carbocycles. The topological polar surface area (TPSA) is 20.2 Å². The van der Waals surface area contributed by atoms with E-state index in [0.717, 1.165) is 0 Å². The molecule has 0 aromatic heterocycles. The number of benzene rings is 2. The Bertz CT molecular complexity index is 392. The van der Waals surface area contributed by atoms with Gasteiger partial charge in [-0.2, -0.15) is 0 Å². The Morgan fingerprint density at radius 3 is 1.67 bits per heavy atom. The van der Waals surface area contributed by atoms with Crippen molar-refractivity contribution in [2.24, 2.45) is 0 Å². The Labute approximate surface area is 126 Å². The zero-order chi connectivity index (χ0) is 13.6. The molecule has 0 aliphatic carbocycles. The molecule has 0 heterocycles. The van der Waals surface area contributed by atoms with E-state index >= 15 is 0 Å². The van der Waals surface area contributed by atoms with Crippen molar-refractivity contribution in [1.29, 1.82) is 0 Å². The van der Waals surface area contributed by atoms with Gasteiger partial charge in [-0.05, 0) is 12.1 Å². The van der Waals surface area contributed by atoms with Gasteiger partial charge in [-0.25, -0.2) is 0 Å². The van der Waals surface area contributed by atoms with Crippen molar-refractivity contribution in [3.63, 3.8) is 0 Å². The van der Waals surface area contributed by atoms with E-state index in [1.54, 1.807) is 24.3 Å². The average Bonchev–Trinajstić information content (AvgIpc) is 2.44. The van der Waals surface area contributed by atoms with E-state index < -0.39 is 0 Å². The number of halogens is 1. The van der Waals surface area contributed by atoms with Crippen LogP contribution in [0.4, 0.5) is 0 Å². The molecule has 0 unspecified atom stereocenters. The molecule has 0 aliphatic rings. The van der Waals surface area contributed by atoms with Gasteiger partial charge in [-0.15, -0.1) is 13.2 Å². The van der Waals surface area contributed by atoms with Crippen molar-refractivity contribution in [3.8, 4) is 5.75 Å². The first-order valence-electron chi connectivity index (χ1n) is 5.38. The van der Waals surface area contributed by atoms with Gasteiger partial charge in [0.05, 0.1) is 0 Å². The molecule has 0 saturated carbocycles. The molecule has 0 aliphatic heterocycles. The quantitative estimate of drug-likeness (QED) is 0.570. The summed E-state index contributed by atoms with van der Waals surface area (Å²) in [4.78, 5) is 0. The fourth-order valence-corrected chi connectivity index (χ4v) is 4.02. The third-order valence-corrected chi connectivity index (χ3v) is 4.91. The molecule has 0 saturated heterocycles. The molecular formula is C15H17BrOSb. The summed E-state index contributed by atoms with van der Waals surface area (Å²) in [5, 5.41) is 8.63. The zero-order valence-corrected chi connectivity index (χ0v) is 14.3. The van der Waals surface area contributed by atoms with Gasteiger partial charge in [-0.3, -0.25) is 0 Å². The predicted octanol–water partition coefficient (Wildman–Crippen LogP) is 4.40. The summed E-state index contributed by atoms with van der Waals surface area (Å²) in [5.74, 6) is 0.322. The van der Waals surface area contributed by atoms with Crippen molar-refractivity contribution in [1.82, 2.24) is 0 Å². The van der Waals surface area contributed by atoms with Crippen LogP contribution in [0.3, 0.4) is 0 Å². The number of phenols is 1. The summed E-state index contributed by atoms with van der Waals surface area (Å²) in [5.41, 5.74) is 1.46. The molecule has 0 atom stereocenters. The van der Waals surface area contributed by atoms with Crippen LogP contribution in [0.25, 0.3) is 0 Å². The Hall–Kier alpha value is -0.722. The maximum atomic E-state index is 8.63. The minimum atomic E-state index is -0.0537. The molecule has 0 amide bonds. The van der Waals surface area contributed by atoms with Crippen LogP contribution < -0.4 is 0 Å². The summed E-state index contributed by atoms with van der Waals surface area (Å²) in [7, 11) is 0. The molecule has 0 spiro atoms. The summed E-state index contributed by atoms with van der Waals surface area (Å²) in [6, 6.07) is 19.3. The first kappa shape index (κ1) is 17.3. The van der Waals surface area contributed by atoms with Crippen LogP contribution in [0.5, 0.6) is 5.75 Å².